The third-order valence-corrected chi connectivity index (χ3v) is 2.98. The van der Waals surface area contributed by atoms with E-state index in [-0.39, 0.29) is 5.56 Å². The van der Waals surface area contributed by atoms with Crippen LogP contribution >= 0.6 is 0 Å². The van der Waals surface area contributed by atoms with Crippen LogP contribution in [0.1, 0.15) is 23.0 Å². The third-order valence-electron chi connectivity index (χ3n) is 2.98. The molecule has 1 heterocycles. The van der Waals surface area contributed by atoms with Crippen molar-refractivity contribution < 1.29 is 27.5 Å². The molecule has 0 spiro atoms. The average Bonchev–Trinajstić information content (AvgIpc) is 3.02. The number of ether oxygens (including phenoxy) is 1. The summed E-state index contributed by atoms with van der Waals surface area (Å²) in [4.78, 5) is 23.5. The Morgan fingerprint density at radius 1 is 1.16 bits per heavy atom. The predicted molar refractivity (Wildman–Crippen MR) is 80.4 cm³/mol. The minimum Gasteiger partial charge on any atom is -0.494 e. The van der Waals surface area contributed by atoms with Gasteiger partial charge in [0.15, 0.2) is 5.69 Å². The molecule has 0 atom stereocenters. The van der Waals surface area contributed by atoms with Crippen molar-refractivity contribution in [3.05, 3.63) is 47.8 Å². The summed E-state index contributed by atoms with van der Waals surface area (Å²) >= 11 is 0. The highest BCUT2D eigenvalue weighted by Crippen LogP contribution is 2.27. The molecule has 2 rings (SSSR count). The van der Waals surface area contributed by atoms with Gasteiger partial charge in [-0.2, -0.15) is 18.3 Å². The van der Waals surface area contributed by atoms with E-state index in [0.29, 0.717) is 12.4 Å². The number of hydrazine groups is 1. The molecule has 0 radical (unpaired) electrons. The van der Waals surface area contributed by atoms with Gasteiger partial charge in [0.1, 0.15) is 12.3 Å². The van der Waals surface area contributed by atoms with E-state index in [4.69, 9.17) is 4.74 Å². The fourth-order valence-corrected chi connectivity index (χ4v) is 1.86. The SMILES string of the molecule is CCOc1ccc(C(=O)NNC(=O)Cn2ccc(C(F)(F)F)n2)cc1. The highest BCUT2D eigenvalue weighted by atomic mass is 19.4. The minimum atomic E-state index is -4.58. The molecule has 0 unspecified atom stereocenters. The molecule has 1 aromatic carbocycles. The molecule has 0 aliphatic heterocycles. The van der Waals surface area contributed by atoms with Crippen LogP contribution in [0.5, 0.6) is 5.75 Å². The van der Waals surface area contributed by atoms with Crippen molar-refractivity contribution in [3.8, 4) is 5.75 Å². The maximum absolute atomic E-state index is 12.4. The van der Waals surface area contributed by atoms with E-state index in [1.165, 1.54) is 12.1 Å². The lowest BCUT2D eigenvalue weighted by Crippen LogP contribution is -2.43. The van der Waals surface area contributed by atoms with Crippen LogP contribution in [0.25, 0.3) is 0 Å². The van der Waals surface area contributed by atoms with E-state index >= 15 is 0 Å². The molecular weight excluding hydrogens is 341 g/mol. The van der Waals surface area contributed by atoms with Crippen LogP contribution in [-0.4, -0.2) is 28.2 Å². The molecule has 7 nitrogen and oxygen atoms in total. The Morgan fingerprint density at radius 2 is 1.84 bits per heavy atom. The Morgan fingerprint density at radius 3 is 2.40 bits per heavy atom. The van der Waals surface area contributed by atoms with Gasteiger partial charge in [0.05, 0.1) is 6.61 Å². The summed E-state index contributed by atoms with van der Waals surface area (Å²) in [6.07, 6.45) is -3.56. The zero-order valence-corrected chi connectivity index (χ0v) is 13.1. The number of nitrogens with zero attached hydrogens (tertiary/aromatic N) is 2. The van der Waals surface area contributed by atoms with Crippen LogP contribution in [0.4, 0.5) is 13.2 Å². The van der Waals surface area contributed by atoms with Gasteiger partial charge >= 0.3 is 6.18 Å². The Labute approximate surface area is 140 Å². The lowest BCUT2D eigenvalue weighted by molar-refractivity contribution is -0.141. The van der Waals surface area contributed by atoms with Gasteiger partial charge in [-0.1, -0.05) is 0 Å². The number of rotatable bonds is 5. The van der Waals surface area contributed by atoms with E-state index in [1.807, 2.05) is 6.92 Å². The van der Waals surface area contributed by atoms with E-state index in [9.17, 15) is 22.8 Å². The number of benzene rings is 1. The molecule has 0 bridgehead atoms. The fourth-order valence-electron chi connectivity index (χ4n) is 1.86. The van der Waals surface area contributed by atoms with Crippen molar-refractivity contribution in [2.24, 2.45) is 0 Å². The van der Waals surface area contributed by atoms with Gasteiger partial charge in [-0.3, -0.25) is 25.1 Å². The Bertz CT molecular complexity index is 741. The van der Waals surface area contributed by atoms with E-state index < -0.39 is 30.2 Å². The second-order valence-electron chi connectivity index (χ2n) is 4.86. The Kier molecular flexibility index (Phi) is 5.63. The first kappa shape index (κ1) is 18.3. The topological polar surface area (TPSA) is 85.3 Å². The second kappa shape index (κ2) is 7.69. The molecule has 2 amide bonds. The first-order chi connectivity index (χ1) is 11.8. The van der Waals surface area contributed by atoms with Gasteiger partial charge in [-0.05, 0) is 37.3 Å². The molecule has 25 heavy (non-hydrogen) atoms. The smallest absolute Gasteiger partial charge is 0.435 e. The van der Waals surface area contributed by atoms with Crippen molar-refractivity contribution in [2.45, 2.75) is 19.6 Å². The van der Waals surface area contributed by atoms with Crippen molar-refractivity contribution >= 4 is 11.8 Å². The molecule has 1 aromatic heterocycles. The summed E-state index contributed by atoms with van der Waals surface area (Å²) in [5.74, 6) is -0.703. The minimum absolute atomic E-state index is 0.280. The molecule has 2 N–H and O–H groups in total. The molecule has 0 fully saturated rings. The summed E-state index contributed by atoms with van der Waals surface area (Å²) in [5, 5.41) is 3.24. The van der Waals surface area contributed by atoms with Gasteiger partial charge in [-0.25, -0.2) is 0 Å². The fraction of sp³-hybridized carbons (Fsp3) is 0.267. The number of amides is 2. The summed E-state index contributed by atoms with van der Waals surface area (Å²) in [5.41, 5.74) is 3.45. The first-order valence-corrected chi connectivity index (χ1v) is 7.22. The van der Waals surface area contributed by atoms with Crippen LogP contribution in [0.15, 0.2) is 36.5 Å². The molecule has 0 saturated heterocycles. The van der Waals surface area contributed by atoms with Gasteiger partial charge in [0.2, 0.25) is 0 Å². The lowest BCUT2D eigenvalue weighted by Gasteiger charge is -2.08. The lowest BCUT2D eigenvalue weighted by atomic mass is 10.2. The number of aromatic nitrogens is 2. The largest absolute Gasteiger partial charge is 0.494 e. The Balaban J connectivity index is 1.84. The monoisotopic (exact) mass is 356 g/mol. The maximum Gasteiger partial charge on any atom is 0.435 e. The molecule has 0 aliphatic rings. The van der Waals surface area contributed by atoms with Crippen molar-refractivity contribution in [2.75, 3.05) is 6.61 Å². The number of carbonyl (C=O) groups excluding carboxylic acids is 2. The highest BCUT2D eigenvalue weighted by molar-refractivity contribution is 5.95. The van der Waals surface area contributed by atoms with E-state index in [1.54, 1.807) is 12.1 Å². The van der Waals surface area contributed by atoms with Crippen molar-refractivity contribution in [1.29, 1.82) is 0 Å². The molecule has 2 aromatic rings. The average molecular weight is 356 g/mol. The van der Waals surface area contributed by atoms with Gasteiger partial charge in [-0.15, -0.1) is 0 Å². The zero-order valence-electron chi connectivity index (χ0n) is 13.1. The van der Waals surface area contributed by atoms with Crippen molar-refractivity contribution in [3.63, 3.8) is 0 Å². The number of nitrogens with one attached hydrogen (secondary N) is 2. The number of hydrogen-bond donors (Lipinski definition) is 2. The number of alkyl halides is 3. The molecule has 134 valence electrons. The van der Waals surface area contributed by atoms with Crippen LogP contribution in [0.3, 0.4) is 0 Å². The van der Waals surface area contributed by atoms with Gasteiger partial charge < -0.3 is 4.74 Å². The van der Waals surface area contributed by atoms with Crippen molar-refractivity contribution in [1.82, 2.24) is 20.6 Å². The summed E-state index contributed by atoms with van der Waals surface area (Å²) in [6.45, 7) is 1.85. The molecule has 0 aliphatic carbocycles. The number of halogens is 3. The van der Waals surface area contributed by atoms with Gasteiger partial charge in [0.25, 0.3) is 11.8 Å². The number of carbonyl (C=O) groups is 2. The van der Waals surface area contributed by atoms with Crippen LogP contribution in [0, 0.1) is 0 Å². The number of hydrogen-bond acceptors (Lipinski definition) is 4. The predicted octanol–water partition coefficient (Wildman–Crippen LogP) is 1.76. The molecule has 0 saturated carbocycles. The quantitative estimate of drug-likeness (QED) is 0.800. The summed E-state index contributed by atoms with van der Waals surface area (Å²) in [7, 11) is 0. The van der Waals surface area contributed by atoms with Crippen LogP contribution in [-0.2, 0) is 17.5 Å². The van der Waals surface area contributed by atoms with Gasteiger partial charge in [0, 0.05) is 11.8 Å². The standard InChI is InChI=1S/C15H15F3N4O3/c1-2-25-11-5-3-10(4-6-11)14(24)20-19-13(23)9-22-8-7-12(21-22)15(16,17)18/h3-8H,2,9H2,1H3,(H,19,23)(H,20,24). The Hall–Kier alpha value is -3.04. The normalized spacial score (nSPS) is 11.0. The third kappa shape index (κ3) is 5.23. The second-order valence-corrected chi connectivity index (χ2v) is 4.86. The van der Waals surface area contributed by atoms with Crippen LogP contribution in [0.2, 0.25) is 0 Å². The first-order valence-electron chi connectivity index (χ1n) is 7.22. The summed E-state index contributed by atoms with van der Waals surface area (Å²) in [6, 6.07) is 6.97. The zero-order chi connectivity index (χ0) is 18.4. The van der Waals surface area contributed by atoms with E-state index in [0.717, 1.165) is 16.9 Å². The molecule has 10 heteroatoms. The van der Waals surface area contributed by atoms with E-state index in [2.05, 4.69) is 16.0 Å². The highest BCUT2D eigenvalue weighted by Gasteiger charge is 2.33. The maximum atomic E-state index is 12.4. The molecular formula is C15H15F3N4O3. The van der Waals surface area contributed by atoms with Crippen LogP contribution < -0.4 is 15.6 Å². The summed E-state index contributed by atoms with van der Waals surface area (Å²) < 4.78 is 43.3.